The maximum absolute atomic E-state index is 12.4. The van der Waals surface area contributed by atoms with Gasteiger partial charge in [0.15, 0.2) is 0 Å². The van der Waals surface area contributed by atoms with E-state index in [1.807, 2.05) is 49.3 Å². The fourth-order valence-electron chi connectivity index (χ4n) is 2.57. The zero-order valence-corrected chi connectivity index (χ0v) is 13.2. The molecule has 0 fully saturated rings. The molecule has 0 saturated heterocycles. The molecule has 0 aromatic heterocycles. The molecular formula is C18H19N3O2. The topological polar surface area (TPSA) is 61.4 Å². The van der Waals surface area contributed by atoms with Crippen LogP contribution in [0.15, 0.2) is 42.5 Å². The molecule has 0 radical (unpaired) electrons. The Kier molecular flexibility index (Phi) is 4.02. The molecule has 23 heavy (non-hydrogen) atoms. The average Bonchev–Trinajstić information content (AvgIpc) is 2.54. The highest BCUT2D eigenvalue weighted by Gasteiger charge is 2.16. The second-order valence-electron chi connectivity index (χ2n) is 5.82. The summed E-state index contributed by atoms with van der Waals surface area (Å²) >= 11 is 0. The van der Waals surface area contributed by atoms with Gasteiger partial charge >= 0.3 is 0 Å². The summed E-state index contributed by atoms with van der Waals surface area (Å²) in [5, 5.41) is 5.71. The number of rotatable bonds is 3. The molecule has 0 unspecified atom stereocenters. The van der Waals surface area contributed by atoms with Crippen molar-refractivity contribution < 1.29 is 9.59 Å². The van der Waals surface area contributed by atoms with Crippen LogP contribution in [0.1, 0.15) is 22.3 Å². The van der Waals surface area contributed by atoms with E-state index in [-0.39, 0.29) is 11.8 Å². The minimum absolute atomic E-state index is 0.0238. The van der Waals surface area contributed by atoms with E-state index in [2.05, 4.69) is 10.6 Å². The first-order valence-corrected chi connectivity index (χ1v) is 7.54. The summed E-state index contributed by atoms with van der Waals surface area (Å²) in [6.45, 7) is 0. The molecule has 3 rings (SSSR count). The van der Waals surface area contributed by atoms with E-state index in [1.54, 1.807) is 12.1 Å². The molecule has 1 aliphatic rings. The van der Waals surface area contributed by atoms with Crippen LogP contribution in [-0.2, 0) is 11.2 Å². The summed E-state index contributed by atoms with van der Waals surface area (Å²) in [4.78, 5) is 25.7. The van der Waals surface area contributed by atoms with E-state index < -0.39 is 0 Å². The van der Waals surface area contributed by atoms with Crippen molar-refractivity contribution in [3.8, 4) is 0 Å². The van der Waals surface area contributed by atoms with Gasteiger partial charge in [0.05, 0.1) is 0 Å². The molecule has 2 aromatic carbocycles. The van der Waals surface area contributed by atoms with Crippen molar-refractivity contribution >= 4 is 28.9 Å². The average molecular weight is 309 g/mol. The summed E-state index contributed by atoms with van der Waals surface area (Å²) in [7, 11) is 3.94. The molecule has 2 N–H and O–H groups in total. The summed E-state index contributed by atoms with van der Waals surface area (Å²) in [6, 6.07) is 13.0. The number of hydrogen-bond acceptors (Lipinski definition) is 3. The number of anilines is 3. The third-order valence-electron chi connectivity index (χ3n) is 3.90. The second-order valence-corrected chi connectivity index (χ2v) is 5.82. The number of aryl methyl sites for hydroxylation is 1. The zero-order valence-electron chi connectivity index (χ0n) is 13.2. The number of amides is 2. The highest BCUT2D eigenvalue weighted by molar-refractivity contribution is 6.05. The Morgan fingerprint density at radius 3 is 2.52 bits per heavy atom. The number of nitrogens with one attached hydrogen (secondary N) is 2. The van der Waals surface area contributed by atoms with Crippen LogP contribution >= 0.6 is 0 Å². The molecule has 2 amide bonds. The zero-order chi connectivity index (χ0) is 16.4. The maximum atomic E-state index is 12.4. The molecule has 1 aliphatic heterocycles. The summed E-state index contributed by atoms with van der Waals surface area (Å²) in [5.74, 6) is -0.127. The van der Waals surface area contributed by atoms with Crippen molar-refractivity contribution in [1.82, 2.24) is 0 Å². The van der Waals surface area contributed by atoms with Crippen molar-refractivity contribution in [3.05, 3.63) is 53.6 Å². The fourth-order valence-corrected chi connectivity index (χ4v) is 2.57. The first kappa shape index (κ1) is 15.1. The highest BCUT2D eigenvalue weighted by atomic mass is 16.2. The van der Waals surface area contributed by atoms with Crippen LogP contribution in [0.4, 0.5) is 17.1 Å². The molecule has 0 aliphatic carbocycles. The van der Waals surface area contributed by atoms with Crippen LogP contribution < -0.4 is 15.5 Å². The monoisotopic (exact) mass is 309 g/mol. The van der Waals surface area contributed by atoms with Crippen molar-refractivity contribution in [1.29, 1.82) is 0 Å². The number of nitrogens with zero attached hydrogens (tertiary/aromatic N) is 1. The Labute approximate surface area is 135 Å². The normalized spacial score (nSPS) is 13.0. The molecule has 118 valence electrons. The van der Waals surface area contributed by atoms with Gasteiger partial charge in [-0.05, 0) is 54.4 Å². The third-order valence-corrected chi connectivity index (χ3v) is 3.90. The fraction of sp³-hybridized carbons (Fsp3) is 0.222. The van der Waals surface area contributed by atoms with Crippen LogP contribution in [0, 0.1) is 0 Å². The minimum Gasteiger partial charge on any atom is -0.378 e. The number of fused-ring (bicyclic) bond motifs is 1. The Hall–Kier alpha value is -2.82. The molecule has 0 saturated carbocycles. The van der Waals surface area contributed by atoms with Crippen molar-refractivity contribution in [2.45, 2.75) is 12.8 Å². The summed E-state index contributed by atoms with van der Waals surface area (Å²) < 4.78 is 0. The van der Waals surface area contributed by atoms with Crippen molar-refractivity contribution in [2.24, 2.45) is 0 Å². The predicted octanol–water partition coefficient (Wildman–Crippen LogP) is 2.89. The van der Waals surface area contributed by atoms with Crippen molar-refractivity contribution in [2.75, 3.05) is 29.6 Å². The first-order valence-electron chi connectivity index (χ1n) is 7.54. The lowest BCUT2D eigenvalue weighted by Gasteiger charge is -2.17. The van der Waals surface area contributed by atoms with E-state index in [1.165, 1.54) is 0 Å². The maximum Gasteiger partial charge on any atom is 0.255 e. The van der Waals surface area contributed by atoms with Gasteiger partial charge in [-0.15, -0.1) is 0 Å². The Morgan fingerprint density at radius 1 is 1.09 bits per heavy atom. The predicted molar refractivity (Wildman–Crippen MR) is 92.1 cm³/mol. The number of carbonyl (C=O) groups excluding carboxylic acids is 2. The lowest BCUT2D eigenvalue weighted by molar-refractivity contribution is -0.116. The number of carbonyl (C=O) groups is 2. The molecule has 0 spiro atoms. The van der Waals surface area contributed by atoms with E-state index in [0.29, 0.717) is 18.4 Å². The molecule has 1 heterocycles. The molecular weight excluding hydrogens is 290 g/mol. The smallest absolute Gasteiger partial charge is 0.255 e. The second kappa shape index (κ2) is 6.12. The van der Waals surface area contributed by atoms with Crippen LogP contribution in [-0.4, -0.2) is 25.9 Å². The summed E-state index contributed by atoms with van der Waals surface area (Å²) in [5.41, 5.74) is 4.23. The number of hydrogen-bond donors (Lipinski definition) is 2. The standard InChI is InChI=1S/C18H19N3O2/c1-21(2)15-7-5-14(6-8-15)19-18(23)13-3-9-16-12(11-13)4-10-17(22)20-16/h3,5-9,11H,4,10H2,1-2H3,(H,19,23)(H,20,22). The van der Waals surface area contributed by atoms with Gasteiger partial charge < -0.3 is 15.5 Å². The van der Waals surface area contributed by atoms with Crippen LogP contribution in [0.3, 0.4) is 0 Å². The van der Waals surface area contributed by atoms with Gasteiger partial charge in [-0.1, -0.05) is 0 Å². The van der Waals surface area contributed by atoms with Gasteiger partial charge in [0, 0.05) is 43.1 Å². The third kappa shape index (κ3) is 3.34. The molecule has 5 nitrogen and oxygen atoms in total. The van der Waals surface area contributed by atoms with Crippen LogP contribution in [0.25, 0.3) is 0 Å². The first-order chi connectivity index (χ1) is 11.0. The Bertz CT molecular complexity index is 751. The molecule has 0 bridgehead atoms. The van der Waals surface area contributed by atoms with Crippen molar-refractivity contribution in [3.63, 3.8) is 0 Å². The molecule has 2 aromatic rings. The van der Waals surface area contributed by atoms with Gasteiger partial charge in [0.25, 0.3) is 5.91 Å². The minimum atomic E-state index is -0.151. The highest BCUT2D eigenvalue weighted by Crippen LogP contribution is 2.24. The van der Waals surface area contributed by atoms with Crippen LogP contribution in [0.2, 0.25) is 0 Å². The summed E-state index contributed by atoms with van der Waals surface area (Å²) in [6.07, 6.45) is 1.13. The lowest BCUT2D eigenvalue weighted by Crippen LogP contribution is -2.20. The Morgan fingerprint density at radius 2 is 1.83 bits per heavy atom. The van der Waals surface area contributed by atoms with E-state index in [9.17, 15) is 9.59 Å². The van der Waals surface area contributed by atoms with Crippen LogP contribution in [0.5, 0.6) is 0 Å². The van der Waals surface area contributed by atoms with Gasteiger partial charge in [-0.2, -0.15) is 0 Å². The molecule has 5 heteroatoms. The number of benzene rings is 2. The van der Waals surface area contributed by atoms with Gasteiger partial charge in [-0.3, -0.25) is 9.59 Å². The molecule has 0 atom stereocenters. The van der Waals surface area contributed by atoms with Gasteiger partial charge in [0.1, 0.15) is 0 Å². The SMILES string of the molecule is CN(C)c1ccc(NC(=O)c2ccc3c(c2)CCC(=O)N3)cc1. The quantitative estimate of drug-likeness (QED) is 0.916. The lowest BCUT2D eigenvalue weighted by atomic mass is 10.00. The van der Waals surface area contributed by atoms with E-state index in [4.69, 9.17) is 0 Å². The van der Waals surface area contributed by atoms with E-state index >= 15 is 0 Å². The van der Waals surface area contributed by atoms with Gasteiger partial charge in [-0.25, -0.2) is 0 Å². The van der Waals surface area contributed by atoms with Gasteiger partial charge in [0.2, 0.25) is 5.91 Å². The van der Waals surface area contributed by atoms with E-state index in [0.717, 1.165) is 22.6 Å². The largest absolute Gasteiger partial charge is 0.378 e. The Balaban J connectivity index is 1.74.